The molecule has 28 heavy (non-hydrogen) atoms. The Labute approximate surface area is 168 Å². The van der Waals surface area contributed by atoms with E-state index in [1.54, 1.807) is 24.3 Å². The molecule has 0 aliphatic heterocycles. The van der Waals surface area contributed by atoms with Crippen LogP contribution in [0, 0.1) is 0 Å². The molecule has 1 heterocycles. The first kappa shape index (κ1) is 19.6. The van der Waals surface area contributed by atoms with E-state index in [1.165, 1.54) is 24.0 Å². The van der Waals surface area contributed by atoms with E-state index < -0.39 is 0 Å². The first-order valence-electron chi connectivity index (χ1n) is 8.96. The Kier molecular flexibility index (Phi) is 6.76. The van der Waals surface area contributed by atoms with Crippen molar-refractivity contribution in [1.82, 2.24) is 10.3 Å². The minimum Gasteiger partial charge on any atom is -0.352 e. The Morgan fingerprint density at radius 1 is 0.893 bits per heavy atom. The SMILES string of the molecule is O=C(NCCCc1ccccc1)c1cncc(C(=O)Nc2cccc(Cl)c2)c1. The molecule has 0 spiro atoms. The molecule has 0 aliphatic rings. The number of aryl methyl sites for hydroxylation is 1. The van der Waals surface area contributed by atoms with Crippen molar-refractivity contribution < 1.29 is 9.59 Å². The maximum atomic E-state index is 12.4. The van der Waals surface area contributed by atoms with Gasteiger partial charge in [0.25, 0.3) is 11.8 Å². The number of carbonyl (C=O) groups excluding carboxylic acids is 2. The molecular formula is C22H20ClN3O2. The van der Waals surface area contributed by atoms with E-state index in [0.29, 0.717) is 28.4 Å². The van der Waals surface area contributed by atoms with Crippen LogP contribution in [0.2, 0.25) is 5.02 Å². The monoisotopic (exact) mass is 393 g/mol. The van der Waals surface area contributed by atoms with Gasteiger partial charge in [-0.25, -0.2) is 0 Å². The number of hydrogen-bond donors (Lipinski definition) is 2. The van der Waals surface area contributed by atoms with Crippen LogP contribution in [0.15, 0.2) is 73.1 Å². The number of halogens is 1. The minimum absolute atomic E-state index is 0.252. The number of carbonyl (C=O) groups is 2. The highest BCUT2D eigenvalue weighted by Gasteiger charge is 2.11. The molecule has 2 aromatic carbocycles. The van der Waals surface area contributed by atoms with E-state index in [9.17, 15) is 9.59 Å². The molecule has 0 saturated carbocycles. The van der Waals surface area contributed by atoms with Gasteiger partial charge in [-0.05, 0) is 42.7 Å². The Balaban J connectivity index is 1.54. The second kappa shape index (κ2) is 9.67. The number of aromatic nitrogens is 1. The lowest BCUT2D eigenvalue weighted by Crippen LogP contribution is -2.25. The zero-order valence-corrected chi connectivity index (χ0v) is 15.9. The summed E-state index contributed by atoms with van der Waals surface area (Å²) in [6.07, 6.45) is 4.59. The number of nitrogens with zero attached hydrogens (tertiary/aromatic N) is 1. The van der Waals surface area contributed by atoms with Crippen molar-refractivity contribution in [1.29, 1.82) is 0 Å². The molecule has 2 N–H and O–H groups in total. The summed E-state index contributed by atoms with van der Waals surface area (Å²) in [6, 6.07) is 18.5. The van der Waals surface area contributed by atoms with Crippen molar-refractivity contribution in [2.75, 3.05) is 11.9 Å². The highest BCUT2D eigenvalue weighted by Crippen LogP contribution is 2.16. The van der Waals surface area contributed by atoms with Gasteiger partial charge in [0.1, 0.15) is 0 Å². The van der Waals surface area contributed by atoms with Crippen molar-refractivity contribution in [3.63, 3.8) is 0 Å². The number of nitrogens with one attached hydrogen (secondary N) is 2. The van der Waals surface area contributed by atoms with E-state index in [1.807, 2.05) is 18.2 Å². The summed E-state index contributed by atoms with van der Waals surface area (Å²) >= 11 is 5.92. The van der Waals surface area contributed by atoms with Gasteiger partial charge in [0.2, 0.25) is 0 Å². The lowest BCUT2D eigenvalue weighted by atomic mass is 10.1. The second-order valence-electron chi connectivity index (χ2n) is 6.27. The van der Waals surface area contributed by atoms with Crippen LogP contribution >= 0.6 is 11.6 Å². The first-order valence-corrected chi connectivity index (χ1v) is 9.34. The molecule has 1 aromatic heterocycles. The molecule has 0 aliphatic carbocycles. The van der Waals surface area contributed by atoms with Crippen molar-refractivity contribution in [2.24, 2.45) is 0 Å². The fourth-order valence-electron chi connectivity index (χ4n) is 2.70. The van der Waals surface area contributed by atoms with Gasteiger partial charge in [-0.3, -0.25) is 14.6 Å². The summed E-state index contributed by atoms with van der Waals surface area (Å²) < 4.78 is 0. The fourth-order valence-corrected chi connectivity index (χ4v) is 2.89. The molecule has 3 rings (SSSR count). The van der Waals surface area contributed by atoms with Crippen LogP contribution in [-0.4, -0.2) is 23.3 Å². The van der Waals surface area contributed by atoms with Crippen LogP contribution in [-0.2, 0) is 6.42 Å². The number of rotatable bonds is 7. The normalized spacial score (nSPS) is 10.3. The fraction of sp³-hybridized carbons (Fsp3) is 0.136. The Morgan fingerprint density at radius 3 is 2.39 bits per heavy atom. The second-order valence-corrected chi connectivity index (χ2v) is 6.71. The first-order chi connectivity index (χ1) is 13.6. The van der Waals surface area contributed by atoms with Gasteiger partial charge in [0, 0.05) is 29.6 Å². The summed E-state index contributed by atoms with van der Waals surface area (Å²) in [4.78, 5) is 28.7. The lowest BCUT2D eigenvalue weighted by molar-refractivity contribution is 0.0953. The molecule has 0 atom stereocenters. The van der Waals surface area contributed by atoms with Crippen LogP contribution in [0.1, 0.15) is 32.7 Å². The molecule has 3 aromatic rings. The summed E-state index contributed by atoms with van der Waals surface area (Å²) in [5, 5.41) is 6.13. The van der Waals surface area contributed by atoms with Gasteiger partial charge in [0.15, 0.2) is 0 Å². The number of amides is 2. The average molecular weight is 394 g/mol. The van der Waals surface area contributed by atoms with Gasteiger partial charge in [-0.2, -0.15) is 0 Å². The van der Waals surface area contributed by atoms with Gasteiger partial charge in [0.05, 0.1) is 11.1 Å². The third kappa shape index (κ3) is 5.66. The van der Waals surface area contributed by atoms with Crippen LogP contribution in [0.25, 0.3) is 0 Å². The highest BCUT2D eigenvalue weighted by molar-refractivity contribution is 6.31. The van der Waals surface area contributed by atoms with Gasteiger partial charge >= 0.3 is 0 Å². The van der Waals surface area contributed by atoms with E-state index in [4.69, 9.17) is 11.6 Å². The zero-order chi connectivity index (χ0) is 19.8. The Bertz CT molecular complexity index is 961. The van der Waals surface area contributed by atoms with E-state index >= 15 is 0 Å². The predicted octanol–water partition coefficient (Wildman–Crippen LogP) is 4.35. The summed E-state index contributed by atoms with van der Waals surface area (Å²) in [7, 11) is 0. The third-order valence-electron chi connectivity index (χ3n) is 4.12. The summed E-state index contributed by atoms with van der Waals surface area (Å²) in [5.41, 5.74) is 2.46. The Hall–Kier alpha value is -3.18. The zero-order valence-electron chi connectivity index (χ0n) is 15.2. The molecule has 0 radical (unpaired) electrons. The molecular weight excluding hydrogens is 374 g/mol. The van der Waals surface area contributed by atoms with Crippen LogP contribution in [0.4, 0.5) is 5.69 Å². The van der Waals surface area contributed by atoms with E-state index in [0.717, 1.165) is 12.8 Å². The van der Waals surface area contributed by atoms with E-state index in [2.05, 4.69) is 27.8 Å². The maximum Gasteiger partial charge on any atom is 0.257 e. The van der Waals surface area contributed by atoms with Crippen LogP contribution in [0.5, 0.6) is 0 Å². The van der Waals surface area contributed by atoms with Crippen molar-refractivity contribution >= 4 is 29.1 Å². The van der Waals surface area contributed by atoms with Gasteiger partial charge in [-0.1, -0.05) is 48.0 Å². The molecule has 2 amide bonds. The maximum absolute atomic E-state index is 12.4. The van der Waals surface area contributed by atoms with Gasteiger partial charge < -0.3 is 10.6 Å². The molecule has 0 bridgehead atoms. The number of benzene rings is 2. The van der Waals surface area contributed by atoms with Crippen molar-refractivity contribution in [2.45, 2.75) is 12.8 Å². The molecule has 5 nitrogen and oxygen atoms in total. The van der Waals surface area contributed by atoms with Crippen LogP contribution < -0.4 is 10.6 Å². The molecule has 0 fully saturated rings. The predicted molar refractivity (Wildman–Crippen MR) is 111 cm³/mol. The largest absolute Gasteiger partial charge is 0.352 e. The van der Waals surface area contributed by atoms with Gasteiger partial charge in [-0.15, -0.1) is 0 Å². The summed E-state index contributed by atoms with van der Waals surface area (Å²) in [6.45, 7) is 0.548. The highest BCUT2D eigenvalue weighted by atomic mass is 35.5. The number of hydrogen-bond acceptors (Lipinski definition) is 3. The third-order valence-corrected chi connectivity index (χ3v) is 4.35. The molecule has 142 valence electrons. The minimum atomic E-state index is -0.353. The van der Waals surface area contributed by atoms with E-state index in [-0.39, 0.29) is 11.8 Å². The number of anilines is 1. The Morgan fingerprint density at radius 2 is 1.64 bits per heavy atom. The summed E-state index contributed by atoms with van der Waals surface area (Å²) in [5.74, 6) is -0.605. The average Bonchev–Trinajstić information content (AvgIpc) is 2.72. The smallest absolute Gasteiger partial charge is 0.257 e. The standard InChI is InChI=1S/C22H20ClN3O2/c23-19-9-4-10-20(13-19)26-22(28)18-12-17(14-24-15-18)21(27)25-11-5-8-16-6-2-1-3-7-16/h1-4,6-7,9-10,12-15H,5,8,11H2,(H,25,27)(H,26,28). The van der Waals surface area contributed by atoms with Crippen molar-refractivity contribution in [3.05, 3.63) is 94.8 Å². The topological polar surface area (TPSA) is 71.1 Å². The van der Waals surface area contributed by atoms with Crippen LogP contribution in [0.3, 0.4) is 0 Å². The number of pyridine rings is 1. The van der Waals surface area contributed by atoms with Crippen molar-refractivity contribution in [3.8, 4) is 0 Å². The molecule has 0 unspecified atom stereocenters. The quantitative estimate of drug-likeness (QED) is 0.586. The lowest BCUT2D eigenvalue weighted by Gasteiger charge is -2.08. The molecule has 0 saturated heterocycles. The molecule has 6 heteroatoms.